The molecule has 0 saturated carbocycles. The second-order valence-electron chi connectivity index (χ2n) is 3.17. The van der Waals surface area contributed by atoms with E-state index in [0.717, 1.165) is 9.35 Å². The van der Waals surface area contributed by atoms with Gasteiger partial charge in [0.25, 0.3) is 0 Å². The predicted molar refractivity (Wildman–Crippen MR) is 69.5 cm³/mol. The third kappa shape index (κ3) is 4.08. The van der Waals surface area contributed by atoms with Crippen molar-refractivity contribution < 1.29 is 9.53 Å². The third-order valence-electron chi connectivity index (χ3n) is 1.95. The van der Waals surface area contributed by atoms with E-state index in [9.17, 15) is 4.79 Å². The molecule has 1 rings (SSSR count). The lowest BCUT2D eigenvalue weighted by molar-refractivity contribution is -0.131. The summed E-state index contributed by atoms with van der Waals surface area (Å²) in [4.78, 5) is 12.7. The topological polar surface area (TPSA) is 38.3 Å². The molecular formula is C11H14BrNO2S. The van der Waals surface area contributed by atoms with Gasteiger partial charge in [0.15, 0.2) is 0 Å². The molecule has 0 saturated heterocycles. The predicted octanol–water partition coefficient (Wildman–Crippen LogP) is 2.72. The fourth-order valence-electron chi connectivity index (χ4n) is 1.05. The van der Waals surface area contributed by atoms with Gasteiger partial charge in [0, 0.05) is 9.35 Å². The molecule has 0 aliphatic heterocycles. The maximum Gasteiger partial charge on any atom is 0.249 e. The Kier molecular flexibility index (Phi) is 5.73. The van der Waals surface area contributed by atoms with Gasteiger partial charge in [-0.3, -0.25) is 4.79 Å². The van der Waals surface area contributed by atoms with Crippen LogP contribution in [0.2, 0.25) is 0 Å². The maximum atomic E-state index is 11.6. The highest BCUT2D eigenvalue weighted by atomic mass is 79.9. The van der Waals surface area contributed by atoms with Crippen LogP contribution in [-0.2, 0) is 16.1 Å². The molecule has 1 heterocycles. The van der Waals surface area contributed by atoms with Gasteiger partial charge in [-0.05, 0) is 34.3 Å². The highest BCUT2D eigenvalue weighted by molar-refractivity contribution is 9.10. The van der Waals surface area contributed by atoms with Crippen LogP contribution in [0, 0.1) is 0 Å². The molecule has 0 radical (unpaired) electrons. The van der Waals surface area contributed by atoms with E-state index in [4.69, 9.17) is 4.74 Å². The number of halogens is 1. The van der Waals surface area contributed by atoms with Crippen molar-refractivity contribution in [3.05, 3.63) is 33.5 Å². The van der Waals surface area contributed by atoms with E-state index in [1.54, 1.807) is 24.3 Å². The summed E-state index contributed by atoms with van der Waals surface area (Å²) in [5.41, 5.74) is 0. The largest absolute Gasteiger partial charge is 0.365 e. The second kappa shape index (κ2) is 6.83. The number of amides is 1. The number of carbonyl (C=O) groups excluding carboxylic acids is 1. The molecule has 0 fully saturated rings. The molecule has 1 amide bonds. The van der Waals surface area contributed by atoms with E-state index < -0.39 is 6.10 Å². The first kappa shape index (κ1) is 13.4. The highest BCUT2D eigenvalue weighted by Crippen LogP contribution is 2.22. The fraction of sp³-hybridized carbons (Fsp3) is 0.364. The van der Waals surface area contributed by atoms with Crippen LogP contribution in [0.15, 0.2) is 28.6 Å². The lowest BCUT2D eigenvalue weighted by Gasteiger charge is -2.11. The third-order valence-corrected chi connectivity index (χ3v) is 3.87. The van der Waals surface area contributed by atoms with Crippen molar-refractivity contribution in [2.24, 2.45) is 0 Å². The van der Waals surface area contributed by atoms with Crippen LogP contribution in [0.5, 0.6) is 0 Å². The molecular weight excluding hydrogens is 290 g/mol. The number of thiophene rings is 1. The van der Waals surface area contributed by atoms with Gasteiger partial charge in [-0.2, -0.15) is 0 Å². The number of nitrogens with one attached hydrogen (secondary N) is 1. The van der Waals surface area contributed by atoms with Gasteiger partial charge in [-0.1, -0.05) is 6.08 Å². The number of ether oxygens (including phenoxy) is 1. The Bertz CT molecular complexity index is 365. The van der Waals surface area contributed by atoms with E-state index >= 15 is 0 Å². The minimum atomic E-state index is -0.447. The average molecular weight is 304 g/mol. The molecule has 16 heavy (non-hydrogen) atoms. The Hall–Kier alpha value is -0.650. The van der Waals surface area contributed by atoms with Crippen LogP contribution >= 0.6 is 27.3 Å². The van der Waals surface area contributed by atoms with Crippen LogP contribution in [0.25, 0.3) is 0 Å². The zero-order valence-electron chi connectivity index (χ0n) is 9.03. The molecule has 0 spiro atoms. The van der Waals surface area contributed by atoms with E-state index in [1.807, 2.05) is 11.4 Å². The number of hydrogen-bond acceptors (Lipinski definition) is 3. The van der Waals surface area contributed by atoms with Crippen molar-refractivity contribution in [2.45, 2.75) is 19.6 Å². The summed E-state index contributed by atoms with van der Waals surface area (Å²) < 4.78 is 6.24. The van der Waals surface area contributed by atoms with Crippen molar-refractivity contribution in [1.82, 2.24) is 5.32 Å². The lowest BCUT2D eigenvalue weighted by atomic mass is 10.3. The summed E-state index contributed by atoms with van der Waals surface area (Å²) in [7, 11) is 0. The zero-order chi connectivity index (χ0) is 12.0. The van der Waals surface area contributed by atoms with Crippen molar-refractivity contribution in [3.63, 3.8) is 0 Å². The fourth-order valence-corrected chi connectivity index (χ4v) is 2.48. The monoisotopic (exact) mass is 303 g/mol. The molecule has 1 aromatic heterocycles. The number of carbonyl (C=O) groups is 1. The van der Waals surface area contributed by atoms with E-state index in [2.05, 4.69) is 27.8 Å². The van der Waals surface area contributed by atoms with Crippen LogP contribution in [-0.4, -0.2) is 18.6 Å². The van der Waals surface area contributed by atoms with Gasteiger partial charge in [-0.25, -0.2) is 0 Å². The Balaban J connectivity index is 2.35. The van der Waals surface area contributed by atoms with Gasteiger partial charge in [0.05, 0.1) is 13.2 Å². The Morgan fingerprint density at radius 3 is 3.12 bits per heavy atom. The molecule has 1 N–H and O–H groups in total. The van der Waals surface area contributed by atoms with Crippen molar-refractivity contribution in [1.29, 1.82) is 0 Å². The molecule has 0 aliphatic carbocycles. The van der Waals surface area contributed by atoms with Crippen LogP contribution < -0.4 is 5.32 Å². The van der Waals surface area contributed by atoms with Crippen molar-refractivity contribution >= 4 is 33.2 Å². The Morgan fingerprint density at radius 2 is 2.56 bits per heavy atom. The summed E-state index contributed by atoms with van der Waals surface area (Å²) in [5.74, 6) is -0.109. The molecule has 0 aromatic carbocycles. The SMILES string of the molecule is C=CCO[C@H](C)C(=O)NCc1sccc1Br. The minimum Gasteiger partial charge on any atom is -0.365 e. The van der Waals surface area contributed by atoms with Gasteiger partial charge >= 0.3 is 0 Å². The standard InChI is InChI=1S/C11H14BrNO2S/c1-3-5-15-8(2)11(14)13-7-10-9(12)4-6-16-10/h3-4,6,8H,1,5,7H2,2H3,(H,13,14)/t8-/m1/s1. The van der Waals surface area contributed by atoms with Crippen molar-refractivity contribution in [3.8, 4) is 0 Å². The lowest BCUT2D eigenvalue weighted by Crippen LogP contribution is -2.34. The molecule has 3 nitrogen and oxygen atoms in total. The highest BCUT2D eigenvalue weighted by Gasteiger charge is 2.12. The molecule has 0 bridgehead atoms. The summed E-state index contributed by atoms with van der Waals surface area (Å²) in [5, 5.41) is 4.79. The quantitative estimate of drug-likeness (QED) is 0.821. The molecule has 1 atom stereocenters. The van der Waals surface area contributed by atoms with Gasteiger partial charge in [0.1, 0.15) is 6.10 Å². The van der Waals surface area contributed by atoms with Crippen molar-refractivity contribution in [2.75, 3.05) is 6.61 Å². The molecule has 1 aromatic rings. The normalized spacial score (nSPS) is 12.1. The first-order valence-corrected chi connectivity index (χ1v) is 6.54. The second-order valence-corrected chi connectivity index (χ2v) is 5.03. The summed E-state index contributed by atoms with van der Waals surface area (Å²) in [6.07, 6.45) is 1.18. The van der Waals surface area contributed by atoms with Gasteiger partial charge in [-0.15, -0.1) is 17.9 Å². The summed E-state index contributed by atoms with van der Waals surface area (Å²) in [6.45, 7) is 6.17. The van der Waals surface area contributed by atoms with Crippen LogP contribution in [0.1, 0.15) is 11.8 Å². The van der Waals surface area contributed by atoms with E-state index in [0.29, 0.717) is 13.2 Å². The van der Waals surface area contributed by atoms with E-state index in [1.165, 1.54) is 0 Å². The Labute approximate surface area is 108 Å². The minimum absolute atomic E-state index is 0.109. The summed E-state index contributed by atoms with van der Waals surface area (Å²) in [6, 6.07) is 1.96. The summed E-state index contributed by atoms with van der Waals surface area (Å²) >= 11 is 5.01. The first-order chi connectivity index (χ1) is 7.65. The number of hydrogen-bond donors (Lipinski definition) is 1. The smallest absolute Gasteiger partial charge is 0.249 e. The zero-order valence-corrected chi connectivity index (χ0v) is 11.4. The van der Waals surface area contributed by atoms with Gasteiger partial charge in [0.2, 0.25) is 5.91 Å². The van der Waals surface area contributed by atoms with Crippen LogP contribution in [0.3, 0.4) is 0 Å². The first-order valence-electron chi connectivity index (χ1n) is 4.87. The van der Waals surface area contributed by atoms with E-state index in [-0.39, 0.29) is 5.91 Å². The molecule has 5 heteroatoms. The van der Waals surface area contributed by atoms with Gasteiger partial charge < -0.3 is 10.1 Å². The average Bonchev–Trinajstić information content (AvgIpc) is 2.68. The Morgan fingerprint density at radius 1 is 1.81 bits per heavy atom. The maximum absolute atomic E-state index is 11.6. The van der Waals surface area contributed by atoms with Crippen LogP contribution in [0.4, 0.5) is 0 Å². The molecule has 0 unspecified atom stereocenters. The molecule has 0 aliphatic rings. The number of rotatable bonds is 6. The molecule has 88 valence electrons.